The minimum Gasteiger partial charge on any atom is -0.391 e. The molecule has 0 saturated carbocycles. The maximum Gasteiger partial charge on any atom is 0.0994 e. The van der Waals surface area contributed by atoms with E-state index >= 15 is 0 Å². The van der Waals surface area contributed by atoms with Gasteiger partial charge in [-0.2, -0.15) is 0 Å². The Balaban J connectivity index is 1.93. The van der Waals surface area contributed by atoms with E-state index in [1.165, 1.54) is 0 Å². The molecule has 2 fully saturated rings. The van der Waals surface area contributed by atoms with E-state index in [4.69, 9.17) is 0 Å². The topological polar surface area (TPSA) is 76.0 Å². The van der Waals surface area contributed by atoms with Crippen LogP contribution in [0.1, 0.15) is 26.2 Å². The summed E-state index contributed by atoms with van der Waals surface area (Å²) in [5.74, 6) is 0. The first kappa shape index (κ1) is 13.2. The number of nitrogens with zero attached hydrogens (tertiary/aromatic N) is 1. The van der Waals surface area contributed by atoms with Crippen LogP contribution in [-0.4, -0.2) is 70.2 Å². The SMILES string of the molecule is CCCCN[C@H]1CN2CC[C@H](O)C2[C@@H](O)[C@@H]1O. The highest BCUT2D eigenvalue weighted by Crippen LogP contribution is 2.28. The molecule has 5 nitrogen and oxygen atoms in total. The molecule has 0 amide bonds. The van der Waals surface area contributed by atoms with Gasteiger partial charge in [0.25, 0.3) is 0 Å². The van der Waals surface area contributed by atoms with E-state index in [1.807, 2.05) is 0 Å². The molecule has 1 unspecified atom stereocenters. The molecule has 0 bridgehead atoms. The molecule has 0 spiro atoms. The van der Waals surface area contributed by atoms with Crippen molar-refractivity contribution in [1.29, 1.82) is 0 Å². The average Bonchev–Trinajstić information content (AvgIpc) is 2.67. The fraction of sp³-hybridized carbons (Fsp3) is 1.00. The van der Waals surface area contributed by atoms with Crippen LogP contribution in [0.15, 0.2) is 0 Å². The number of piperidine rings is 1. The number of fused-ring (bicyclic) bond motifs is 1. The zero-order valence-electron chi connectivity index (χ0n) is 10.4. The van der Waals surface area contributed by atoms with E-state index in [9.17, 15) is 15.3 Å². The summed E-state index contributed by atoms with van der Waals surface area (Å²) in [6.07, 6.45) is 0.753. The molecule has 17 heavy (non-hydrogen) atoms. The third-order valence-corrected chi connectivity index (χ3v) is 4.01. The van der Waals surface area contributed by atoms with Crippen molar-refractivity contribution in [1.82, 2.24) is 10.2 Å². The van der Waals surface area contributed by atoms with Gasteiger partial charge in [-0.05, 0) is 19.4 Å². The first-order valence-corrected chi connectivity index (χ1v) is 6.66. The van der Waals surface area contributed by atoms with Gasteiger partial charge >= 0.3 is 0 Å². The average molecular weight is 244 g/mol. The molecule has 0 aromatic rings. The summed E-state index contributed by atoms with van der Waals surface area (Å²) in [5.41, 5.74) is 0. The summed E-state index contributed by atoms with van der Waals surface area (Å²) in [7, 11) is 0. The molecule has 2 aliphatic rings. The Morgan fingerprint density at radius 3 is 2.71 bits per heavy atom. The molecule has 2 saturated heterocycles. The number of aliphatic hydroxyl groups excluding tert-OH is 3. The minimum absolute atomic E-state index is 0.0851. The standard InChI is InChI=1S/C12H24N2O3/c1-2-3-5-13-8-7-14-6-4-9(15)10(14)12(17)11(8)16/h8-13,15-17H,2-7H2,1H3/t8-,9-,10?,11+,12+/m0/s1. The maximum atomic E-state index is 10.1. The number of nitrogens with one attached hydrogen (secondary N) is 1. The van der Waals surface area contributed by atoms with Crippen LogP contribution in [0.4, 0.5) is 0 Å². The third kappa shape index (κ3) is 2.63. The minimum atomic E-state index is -0.847. The van der Waals surface area contributed by atoms with Crippen LogP contribution >= 0.6 is 0 Å². The highest BCUT2D eigenvalue weighted by molar-refractivity contribution is 5.03. The molecular formula is C12H24N2O3. The molecule has 0 aliphatic carbocycles. The molecule has 5 atom stereocenters. The summed E-state index contributed by atoms with van der Waals surface area (Å²) in [6, 6.07) is -0.368. The lowest BCUT2D eigenvalue weighted by molar-refractivity contribution is -0.101. The van der Waals surface area contributed by atoms with E-state index in [1.54, 1.807) is 0 Å². The second kappa shape index (κ2) is 5.63. The monoisotopic (exact) mass is 244 g/mol. The Kier molecular flexibility index (Phi) is 4.38. The van der Waals surface area contributed by atoms with Crippen molar-refractivity contribution in [3.63, 3.8) is 0 Å². The summed E-state index contributed by atoms with van der Waals surface area (Å²) in [4.78, 5) is 2.09. The van der Waals surface area contributed by atoms with Crippen LogP contribution in [0.25, 0.3) is 0 Å². The van der Waals surface area contributed by atoms with E-state index in [0.29, 0.717) is 13.0 Å². The zero-order chi connectivity index (χ0) is 12.4. The van der Waals surface area contributed by atoms with E-state index < -0.39 is 18.3 Å². The van der Waals surface area contributed by atoms with Gasteiger partial charge in [0.05, 0.1) is 24.4 Å². The van der Waals surface area contributed by atoms with Crippen LogP contribution in [0.3, 0.4) is 0 Å². The Morgan fingerprint density at radius 1 is 1.24 bits per heavy atom. The fourth-order valence-electron chi connectivity index (χ4n) is 2.97. The lowest BCUT2D eigenvalue weighted by Gasteiger charge is -2.43. The van der Waals surface area contributed by atoms with Gasteiger partial charge in [-0.1, -0.05) is 13.3 Å². The normalized spacial score (nSPS) is 42.7. The van der Waals surface area contributed by atoms with Crippen molar-refractivity contribution in [3.05, 3.63) is 0 Å². The van der Waals surface area contributed by atoms with Gasteiger partial charge in [-0.25, -0.2) is 0 Å². The van der Waals surface area contributed by atoms with Crippen LogP contribution in [-0.2, 0) is 0 Å². The van der Waals surface area contributed by atoms with Crippen molar-refractivity contribution in [3.8, 4) is 0 Å². The first-order chi connectivity index (χ1) is 8.15. The van der Waals surface area contributed by atoms with Gasteiger partial charge in [-0.3, -0.25) is 4.90 Å². The van der Waals surface area contributed by atoms with Crippen molar-refractivity contribution in [2.45, 2.75) is 56.6 Å². The summed E-state index contributed by atoms with van der Waals surface area (Å²) in [6.45, 7) is 4.51. The smallest absolute Gasteiger partial charge is 0.0994 e. The Hall–Kier alpha value is -0.200. The third-order valence-electron chi connectivity index (χ3n) is 4.01. The highest BCUT2D eigenvalue weighted by Gasteiger charge is 2.47. The quantitative estimate of drug-likeness (QED) is 0.473. The zero-order valence-corrected chi connectivity index (χ0v) is 10.4. The molecule has 2 heterocycles. The second-order valence-corrected chi connectivity index (χ2v) is 5.24. The van der Waals surface area contributed by atoms with Crippen molar-refractivity contribution in [2.75, 3.05) is 19.6 Å². The summed E-state index contributed by atoms with van der Waals surface area (Å²) < 4.78 is 0. The number of rotatable bonds is 4. The van der Waals surface area contributed by atoms with Gasteiger partial charge in [0, 0.05) is 19.1 Å². The van der Waals surface area contributed by atoms with Gasteiger partial charge in [0.1, 0.15) is 0 Å². The molecule has 0 aromatic heterocycles. The van der Waals surface area contributed by atoms with E-state index in [2.05, 4.69) is 17.1 Å². The van der Waals surface area contributed by atoms with Gasteiger partial charge < -0.3 is 20.6 Å². The van der Waals surface area contributed by atoms with Gasteiger partial charge in [0.2, 0.25) is 0 Å². The van der Waals surface area contributed by atoms with Gasteiger partial charge in [-0.15, -0.1) is 0 Å². The molecular weight excluding hydrogens is 220 g/mol. The lowest BCUT2D eigenvalue weighted by atomic mass is 9.91. The van der Waals surface area contributed by atoms with Crippen LogP contribution in [0.5, 0.6) is 0 Å². The predicted octanol–water partition coefficient (Wildman–Crippen LogP) is -1.08. The number of hydrogen-bond donors (Lipinski definition) is 4. The Morgan fingerprint density at radius 2 is 2.00 bits per heavy atom. The molecule has 2 aliphatic heterocycles. The molecule has 0 aromatic carbocycles. The van der Waals surface area contributed by atoms with Gasteiger partial charge in [0.15, 0.2) is 0 Å². The van der Waals surface area contributed by atoms with Crippen molar-refractivity contribution in [2.24, 2.45) is 0 Å². The lowest BCUT2D eigenvalue weighted by Crippen LogP contribution is -2.65. The number of unbranched alkanes of at least 4 members (excludes halogenated alkanes) is 1. The number of aliphatic hydroxyl groups is 3. The van der Waals surface area contributed by atoms with E-state index in [-0.39, 0.29) is 12.1 Å². The summed E-state index contributed by atoms with van der Waals surface area (Å²) >= 11 is 0. The van der Waals surface area contributed by atoms with E-state index in [0.717, 1.165) is 25.9 Å². The predicted molar refractivity (Wildman–Crippen MR) is 64.7 cm³/mol. The summed E-state index contributed by atoms with van der Waals surface area (Å²) in [5, 5.41) is 33.2. The number of hydrogen-bond acceptors (Lipinski definition) is 5. The highest BCUT2D eigenvalue weighted by atomic mass is 16.3. The molecule has 0 radical (unpaired) electrons. The largest absolute Gasteiger partial charge is 0.391 e. The van der Waals surface area contributed by atoms with Crippen LogP contribution in [0.2, 0.25) is 0 Å². The molecule has 4 N–H and O–H groups in total. The van der Waals surface area contributed by atoms with Crippen molar-refractivity contribution >= 4 is 0 Å². The van der Waals surface area contributed by atoms with Crippen molar-refractivity contribution < 1.29 is 15.3 Å². The molecule has 5 heteroatoms. The maximum absolute atomic E-state index is 10.1. The molecule has 100 valence electrons. The Labute approximate surface area is 102 Å². The van der Waals surface area contributed by atoms with Crippen LogP contribution in [0, 0.1) is 0 Å². The molecule has 2 rings (SSSR count). The Bertz CT molecular complexity index is 252. The fourth-order valence-corrected chi connectivity index (χ4v) is 2.97. The second-order valence-electron chi connectivity index (χ2n) is 5.24. The van der Waals surface area contributed by atoms with Crippen LogP contribution < -0.4 is 5.32 Å². The first-order valence-electron chi connectivity index (χ1n) is 6.66.